The summed E-state index contributed by atoms with van der Waals surface area (Å²) in [4.78, 5) is -0.162. The summed E-state index contributed by atoms with van der Waals surface area (Å²) in [5.74, 6) is 0.0380. The van der Waals surface area contributed by atoms with Crippen LogP contribution in [0.25, 0.3) is 21.5 Å². The molecule has 0 aliphatic carbocycles. The molecule has 2 radical (unpaired) electrons. The van der Waals surface area contributed by atoms with Crippen molar-refractivity contribution in [2.24, 2.45) is 10.2 Å². The van der Waals surface area contributed by atoms with Crippen LogP contribution in [-0.2, 0) is 10.1 Å². The predicted octanol–water partition coefficient (Wildman–Crippen LogP) is 4.98. The molecule has 0 bridgehead atoms. The molecule has 0 unspecified atom stereocenters. The average Bonchev–Trinajstić information content (AvgIpc) is 2.66. The Hall–Kier alpha value is -2.03. The third-order valence-corrected chi connectivity index (χ3v) is 5.09. The fraction of sp³-hybridized carbons (Fsp3) is 0. The molecule has 0 amide bonds. The summed E-state index contributed by atoms with van der Waals surface area (Å²) < 4.78 is 31.6. The van der Waals surface area contributed by atoms with Gasteiger partial charge in [-0.3, -0.25) is 4.55 Å². The Balaban J connectivity index is 0.00000225. The number of phenols is 1. The Morgan fingerprint density at radius 3 is 2.21 bits per heavy atom. The Kier molecular flexibility index (Phi) is 6.02. The van der Waals surface area contributed by atoms with Crippen molar-refractivity contribution in [1.82, 2.24) is 0 Å². The Morgan fingerprint density at radius 2 is 1.43 bits per heavy atom. The van der Waals surface area contributed by atoms with Crippen LogP contribution in [0, 0.1) is 0 Å². The van der Waals surface area contributed by atoms with Crippen LogP contribution in [0.15, 0.2) is 87.9 Å². The third kappa shape index (κ3) is 4.19. The van der Waals surface area contributed by atoms with E-state index in [0.29, 0.717) is 16.8 Å². The molecule has 6 nitrogen and oxygen atoms in total. The van der Waals surface area contributed by atoms with E-state index in [9.17, 15) is 13.5 Å². The van der Waals surface area contributed by atoms with Crippen molar-refractivity contribution in [2.45, 2.75) is 4.90 Å². The van der Waals surface area contributed by atoms with Gasteiger partial charge in [-0.15, -0.1) is 5.11 Å². The number of hydrogen-bond donors (Lipinski definition) is 2. The van der Waals surface area contributed by atoms with Gasteiger partial charge in [0.2, 0.25) is 0 Å². The van der Waals surface area contributed by atoms with Gasteiger partial charge in [-0.05, 0) is 46.5 Å². The Morgan fingerprint density at radius 1 is 0.750 bits per heavy atom. The van der Waals surface area contributed by atoms with Crippen molar-refractivity contribution < 1.29 is 18.1 Å². The molecular formula is C20H14CaN2O4S. The van der Waals surface area contributed by atoms with E-state index >= 15 is 0 Å². The van der Waals surface area contributed by atoms with Crippen molar-refractivity contribution in [1.29, 1.82) is 0 Å². The van der Waals surface area contributed by atoms with Crippen LogP contribution in [0.3, 0.4) is 0 Å². The Bertz CT molecular complexity index is 1320. The van der Waals surface area contributed by atoms with Gasteiger partial charge in [0.1, 0.15) is 11.4 Å². The minimum absolute atomic E-state index is 0. The van der Waals surface area contributed by atoms with Crippen molar-refractivity contribution >= 4 is 80.8 Å². The number of phenolic OH excluding ortho intramolecular Hbond substituents is 1. The largest absolute Gasteiger partial charge is 0.506 e. The van der Waals surface area contributed by atoms with Gasteiger partial charge in [0.15, 0.2) is 0 Å². The molecule has 0 aliphatic rings. The van der Waals surface area contributed by atoms with Gasteiger partial charge in [-0.1, -0.05) is 42.5 Å². The third-order valence-electron chi connectivity index (χ3n) is 4.24. The molecule has 8 heteroatoms. The molecule has 4 rings (SSSR count). The molecule has 0 fully saturated rings. The summed E-state index contributed by atoms with van der Waals surface area (Å²) >= 11 is 0. The first-order chi connectivity index (χ1) is 12.9. The van der Waals surface area contributed by atoms with E-state index < -0.39 is 10.1 Å². The molecule has 0 aliphatic heterocycles. The van der Waals surface area contributed by atoms with Gasteiger partial charge in [0, 0.05) is 43.1 Å². The zero-order valence-electron chi connectivity index (χ0n) is 14.6. The van der Waals surface area contributed by atoms with Gasteiger partial charge in [-0.2, -0.15) is 13.5 Å². The van der Waals surface area contributed by atoms with Crippen LogP contribution in [-0.4, -0.2) is 55.8 Å². The molecule has 0 heterocycles. The molecule has 0 aromatic heterocycles. The topological polar surface area (TPSA) is 99.3 Å². The molecule has 28 heavy (non-hydrogen) atoms. The first kappa shape index (κ1) is 20.7. The predicted molar refractivity (Wildman–Crippen MR) is 109 cm³/mol. The number of aromatic hydroxyl groups is 1. The summed E-state index contributed by atoms with van der Waals surface area (Å²) in [7, 11) is -4.25. The van der Waals surface area contributed by atoms with E-state index in [1.807, 2.05) is 30.3 Å². The standard InChI is InChI=1S/C20H14N2O4S.Ca/c23-19-10-7-13-3-1-2-4-18(13)20(19)22-21-16-8-5-15-12-17(27(24,25)26)9-6-14(15)11-16;/h1-12,23H,(H,24,25,26);. The summed E-state index contributed by atoms with van der Waals surface area (Å²) in [5, 5.41) is 21.7. The summed E-state index contributed by atoms with van der Waals surface area (Å²) in [6.45, 7) is 0. The average molecular weight is 418 g/mol. The van der Waals surface area contributed by atoms with Crippen LogP contribution in [0.4, 0.5) is 11.4 Å². The number of fused-ring (bicyclic) bond motifs is 2. The van der Waals surface area contributed by atoms with Crippen molar-refractivity contribution in [3.05, 3.63) is 72.8 Å². The van der Waals surface area contributed by atoms with Crippen molar-refractivity contribution in [3.8, 4) is 5.75 Å². The zero-order chi connectivity index (χ0) is 19.0. The molecule has 2 N–H and O–H groups in total. The number of rotatable bonds is 3. The second-order valence-corrected chi connectivity index (χ2v) is 7.44. The normalized spacial score (nSPS) is 11.8. The van der Waals surface area contributed by atoms with Crippen LogP contribution < -0.4 is 0 Å². The van der Waals surface area contributed by atoms with Crippen molar-refractivity contribution in [3.63, 3.8) is 0 Å². The number of benzene rings is 4. The number of azo groups is 1. The SMILES string of the molecule is O=S(=O)(O)c1ccc2cc(N=Nc3c(O)ccc4ccccc34)ccc2c1.[Ca]. The molecule has 4 aromatic rings. The van der Waals surface area contributed by atoms with Crippen molar-refractivity contribution in [2.75, 3.05) is 0 Å². The quantitative estimate of drug-likeness (QED) is 0.278. The Labute approximate surface area is 191 Å². The molecule has 0 saturated heterocycles. The molecule has 0 atom stereocenters. The maximum Gasteiger partial charge on any atom is 0.294 e. The van der Waals surface area contributed by atoms with Crippen LogP contribution in [0.2, 0.25) is 0 Å². The minimum atomic E-state index is -4.25. The smallest absolute Gasteiger partial charge is 0.294 e. The van der Waals surface area contributed by atoms with E-state index in [1.165, 1.54) is 12.1 Å². The van der Waals surface area contributed by atoms with Gasteiger partial charge < -0.3 is 5.11 Å². The van der Waals surface area contributed by atoms with Gasteiger partial charge >= 0.3 is 0 Å². The first-order valence-corrected chi connectivity index (χ1v) is 9.50. The van der Waals surface area contributed by atoms with E-state index in [-0.39, 0.29) is 48.4 Å². The summed E-state index contributed by atoms with van der Waals surface area (Å²) in [5.41, 5.74) is 0.935. The van der Waals surface area contributed by atoms with E-state index in [1.54, 1.807) is 30.3 Å². The minimum Gasteiger partial charge on any atom is -0.506 e. The zero-order valence-corrected chi connectivity index (χ0v) is 17.7. The molecule has 4 aromatic carbocycles. The monoisotopic (exact) mass is 418 g/mol. The van der Waals surface area contributed by atoms with E-state index in [0.717, 1.165) is 16.2 Å². The maximum atomic E-state index is 11.2. The van der Waals surface area contributed by atoms with Gasteiger partial charge in [0.25, 0.3) is 10.1 Å². The summed E-state index contributed by atoms with van der Waals surface area (Å²) in [6.07, 6.45) is 0. The van der Waals surface area contributed by atoms with E-state index in [2.05, 4.69) is 10.2 Å². The fourth-order valence-electron chi connectivity index (χ4n) is 2.89. The fourth-order valence-corrected chi connectivity index (χ4v) is 3.41. The van der Waals surface area contributed by atoms with Crippen LogP contribution in [0.5, 0.6) is 5.75 Å². The molecule has 136 valence electrons. The number of nitrogens with zero attached hydrogens (tertiary/aromatic N) is 2. The van der Waals surface area contributed by atoms with Crippen LogP contribution in [0.1, 0.15) is 0 Å². The van der Waals surface area contributed by atoms with Gasteiger partial charge in [0.05, 0.1) is 10.6 Å². The second kappa shape index (κ2) is 8.14. The summed E-state index contributed by atoms with van der Waals surface area (Å²) in [6, 6.07) is 20.4. The van der Waals surface area contributed by atoms with Crippen LogP contribution >= 0.6 is 0 Å². The molecular weight excluding hydrogens is 404 g/mol. The van der Waals surface area contributed by atoms with E-state index in [4.69, 9.17) is 4.55 Å². The second-order valence-electron chi connectivity index (χ2n) is 6.02. The van der Waals surface area contributed by atoms with Gasteiger partial charge in [-0.25, -0.2) is 0 Å². The first-order valence-electron chi connectivity index (χ1n) is 8.05. The molecule has 0 saturated carbocycles. The molecule has 0 spiro atoms. The maximum absolute atomic E-state index is 11.2. The number of hydrogen-bond acceptors (Lipinski definition) is 5.